The Labute approximate surface area is 343 Å². The highest BCUT2D eigenvalue weighted by atomic mass is 19.3. The van der Waals surface area contributed by atoms with E-state index in [0.29, 0.717) is 36.3 Å². The van der Waals surface area contributed by atoms with E-state index in [9.17, 15) is 27.6 Å². The van der Waals surface area contributed by atoms with Gasteiger partial charge in [-0.15, -0.1) is 0 Å². The number of anilines is 3. The Hall–Kier alpha value is -5.85. The normalized spacial score (nSPS) is 23.5. The van der Waals surface area contributed by atoms with Gasteiger partial charge in [0, 0.05) is 74.7 Å². The fourth-order valence-corrected chi connectivity index (χ4v) is 9.38. The van der Waals surface area contributed by atoms with Crippen molar-refractivity contribution in [1.29, 1.82) is 5.41 Å². The van der Waals surface area contributed by atoms with Crippen LogP contribution in [0.2, 0.25) is 0 Å². The van der Waals surface area contributed by atoms with Gasteiger partial charge in [-0.1, -0.05) is 0 Å². The number of benzene rings is 1. The molecule has 5 aromatic rings. The molecule has 19 heteroatoms. The molecule has 316 valence electrons. The molecule has 3 aliphatic heterocycles. The van der Waals surface area contributed by atoms with E-state index in [-0.39, 0.29) is 60.0 Å². The van der Waals surface area contributed by atoms with Gasteiger partial charge in [0.15, 0.2) is 11.3 Å². The summed E-state index contributed by atoms with van der Waals surface area (Å²) >= 11 is 0. The van der Waals surface area contributed by atoms with E-state index in [1.807, 2.05) is 19.2 Å². The maximum absolute atomic E-state index is 14.3. The summed E-state index contributed by atoms with van der Waals surface area (Å²) in [7, 11) is 1.87. The van der Waals surface area contributed by atoms with Crippen LogP contribution in [0.3, 0.4) is 0 Å². The lowest BCUT2D eigenvalue weighted by Gasteiger charge is -2.37. The molecular formula is C41H48F3N13O3. The van der Waals surface area contributed by atoms with E-state index >= 15 is 0 Å². The number of rotatable bonds is 10. The fraction of sp³-hybridized carbons (Fsp3) is 0.512. The van der Waals surface area contributed by atoms with Crippen LogP contribution in [0, 0.1) is 11.3 Å². The average molecular weight is 828 g/mol. The number of halogens is 3. The van der Waals surface area contributed by atoms with Crippen molar-refractivity contribution in [2.24, 2.45) is 13.0 Å². The first-order valence-corrected chi connectivity index (χ1v) is 20.7. The standard InChI is InChI=1S/C41H48F3N13O3/c1-53-33-17-27(4-7-29(33)36(51-53)30-8-9-35(58)50-40(30)59)47-26-10-13-54(14-11-26)19-23-2-5-28(6-3-23)57-22-32(37(52-57)38(43)44)48-41(60)31-18-46-56-15-12-34(49-39(31)56)55-20-24(42)16-25(45)21-55/h4,7,12,15,17-18,22-24,26,28,30,38,45,47H,2-3,5-6,8-11,13-14,16,19-21H2,1H3,(H,48,60)(H,50,58,59)/t23?,24-,28?,30?/m1/s1. The number of piperidine rings is 3. The number of aromatic nitrogens is 7. The molecule has 4 N–H and O–H groups in total. The molecule has 4 aliphatic rings. The molecule has 4 fully saturated rings. The Kier molecular flexibility index (Phi) is 10.8. The maximum Gasteiger partial charge on any atom is 0.284 e. The van der Waals surface area contributed by atoms with Crippen molar-refractivity contribution in [2.75, 3.05) is 48.3 Å². The predicted molar refractivity (Wildman–Crippen MR) is 217 cm³/mol. The van der Waals surface area contributed by atoms with Gasteiger partial charge in [0.1, 0.15) is 17.6 Å². The summed E-state index contributed by atoms with van der Waals surface area (Å²) < 4.78 is 47.5. The van der Waals surface area contributed by atoms with Gasteiger partial charge in [-0.3, -0.25) is 29.1 Å². The molecular weight excluding hydrogens is 780 g/mol. The minimum atomic E-state index is -2.90. The minimum absolute atomic E-state index is 0.0638. The molecule has 0 bridgehead atoms. The van der Waals surface area contributed by atoms with Gasteiger partial charge in [0.05, 0.1) is 48.1 Å². The molecule has 1 saturated carbocycles. The second-order valence-electron chi connectivity index (χ2n) is 16.7. The number of hydrogen-bond acceptors (Lipinski definition) is 11. The summed E-state index contributed by atoms with van der Waals surface area (Å²) in [5, 5.41) is 30.8. The smallest absolute Gasteiger partial charge is 0.284 e. The number of imide groups is 1. The molecule has 7 heterocycles. The summed E-state index contributed by atoms with van der Waals surface area (Å²) in [5.41, 5.74) is 2.59. The van der Waals surface area contributed by atoms with E-state index in [1.54, 1.807) is 26.5 Å². The molecule has 1 unspecified atom stereocenters. The van der Waals surface area contributed by atoms with E-state index in [4.69, 9.17) is 5.41 Å². The number of likely N-dealkylation sites (tertiary alicyclic amines) is 1. The number of carbonyl (C=O) groups is 3. The van der Waals surface area contributed by atoms with Crippen LogP contribution >= 0.6 is 0 Å². The van der Waals surface area contributed by atoms with E-state index in [0.717, 1.165) is 74.7 Å². The van der Waals surface area contributed by atoms with E-state index in [1.165, 1.54) is 16.9 Å². The zero-order valence-electron chi connectivity index (χ0n) is 33.3. The molecule has 0 radical (unpaired) electrons. The van der Waals surface area contributed by atoms with Gasteiger partial charge in [-0.2, -0.15) is 15.3 Å². The third-order valence-corrected chi connectivity index (χ3v) is 12.5. The molecule has 3 saturated heterocycles. The molecule has 0 spiro atoms. The van der Waals surface area contributed by atoms with Crippen LogP contribution in [0.4, 0.5) is 30.4 Å². The van der Waals surface area contributed by atoms with E-state index < -0.39 is 30.1 Å². The Morgan fingerprint density at radius 2 is 1.85 bits per heavy atom. The minimum Gasteiger partial charge on any atom is -0.382 e. The number of aryl methyl sites for hydroxylation is 1. The monoisotopic (exact) mass is 827 g/mol. The third kappa shape index (κ3) is 8.05. The van der Waals surface area contributed by atoms with Crippen molar-refractivity contribution in [3.63, 3.8) is 0 Å². The summed E-state index contributed by atoms with van der Waals surface area (Å²) in [6, 6.07) is 8.01. The highest BCUT2D eigenvalue weighted by molar-refractivity contribution is 6.08. The van der Waals surface area contributed by atoms with Gasteiger partial charge >= 0.3 is 0 Å². The van der Waals surface area contributed by atoms with Crippen LogP contribution in [0.25, 0.3) is 16.6 Å². The van der Waals surface area contributed by atoms with Crippen LogP contribution in [0.1, 0.15) is 97.9 Å². The van der Waals surface area contributed by atoms with Crippen molar-refractivity contribution in [3.8, 4) is 0 Å². The highest BCUT2D eigenvalue weighted by Crippen LogP contribution is 2.36. The molecule has 9 rings (SSSR count). The van der Waals surface area contributed by atoms with Gasteiger partial charge in [0.25, 0.3) is 12.3 Å². The lowest BCUT2D eigenvalue weighted by atomic mass is 9.85. The summed E-state index contributed by atoms with van der Waals surface area (Å²) in [6.45, 7) is 3.21. The Bertz CT molecular complexity index is 2450. The number of fused-ring (bicyclic) bond motifs is 2. The quantitative estimate of drug-likeness (QED) is 0.133. The second-order valence-corrected chi connectivity index (χ2v) is 16.7. The van der Waals surface area contributed by atoms with Gasteiger partial charge < -0.3 is 25.8 Å². The topological polar surface area (TPSA) is 183 Å². The predicted octanol–water partition coefficient (Wildman–Crippen LogP) is 5.40. The Morgan fingerprint density at radius 1 is 1.05 bits per heavy atom. The van der Waals surface area contributed by atoms with Crippen molar-refractivity contribution < 1.29 is 27.6 Å². The summed E-state index contributed by atoms with van der Waals surface area (Å²) in [5.74, 6) is -0.759. The number of carbonyl (C=O) groups excluding carboxylic acids is 3. The number of nitrogens with zero attached hydrogens (tertiary/aromatic N) is 9. The molecule has 4 aromatic heterocycles. The summed E-state index contributed by atoms with van der Waals surface area (Å²) in [6.07, 6.45) is 6.59. The lowest BCUT2D eigenvalue weighted by Crippen LogP contribution is -2.42. The Balaban J connectivity index is 0.771. The number of amides is 3. The van der Waals surface area contributed by atoms with Crippen molar-refractivity contribution in [2.45, 2.75) is 88.4 Å². The molecule has 1 aromatic carbocycles. The van der Waals surface area contributed by atoms with E-state index in [2.05, 4.69) is 47.2 Å². The van der Waals surface area contributed by atoms with Gasteiger partial charge in [0.2, 0.25) is 11.8 Å². The third-order valence-electron chi connectivity index (χ3n) is 12.5. The first-order chi connectivity index (χ1) is 28.9. The maximum atomic E-state index is 14.3. The Morgan fingerprint density at radius 3 is 2.60 bits per heavy atom. The van der Waals surface area contributed by atoms with Gasteiger partial charge in [-0.25, -0.2) is 22.7 Å². The summed E-state index contributed by atoms with van der Waals surface area (Å²) in [4.78, 5) is 46.4. The van der Waals surface area contributed by atoms with Crippen molar-refractivity contribution in [1.82, 2.24) is 44.4 Å². The SMILES string of the molecule is Cn1nc(C2CCC(=O)NC2=O)c2ccc(NC3CCN(CC4CCC(n5cc(NC(=O)c6cnn7ccc(N8CC(=N)C[C@@H](F)C8)nc67)c(C(F)F)n5)CC4)CC3)cc21. The lowest BCUT2D eigenvalue weighted by molar-refractivity contribution is -0.134. The van der Waals surface area contributed by atoms with Crippen molar-refractivity contribution in [3.05, 3.63) is 59.8 Å². The molecule has 1 aliphatic carbocycles. The van der Waals surface area contributed by atoms with Crippen LogP contribution < -0.4 is 20.9 Å². The zero-order chi connectivity index (χ0) is 41.7. The molecule has 16 nitrogen and oxygen atoms in total. The molecule has 2 atom stereocenters. The molecule has 60 heavy (non-hydrogen) atoms. The van der Waals surface area contributed by atoms with Crippen molar-refractivity contribution >= 4 is 57.2 Å². The van der Waals surface area contributed by atoms with Crippen LogP contribution in [0.15, 0.2) is 42.9 Å². The van der Waals surface area contributed by atoms with Crippen LogP contribution in [-0.2, 0) is 16.6 Å². The number of alkyl halides is 3. The first kappa shape index (κ1) is 39.6. The first-order valence-electron chi connectivity index (χ1n) is 20.7. The number of nitrogens with one attached hydrogen (secondary N) is 4. The van der Waals surface area contributed by atoms with Crippen LogP contribution in [0.5, 0.6) is 0 Å². The second kappa shape index (κ2) is 16.3. The largest absolute Gasteiger partial charge is 0.382 e. The molecule has 3 amide bonds. The average Bonchev–Trinajstić information content (AvgIpc) is 3.94. The fourth-order valence-electron chi connectivity index (χ4n) is 9.38. The highest BCUT2D eigenvalue weighted by Gasteiger charge is 2.33. The zero-order valence-corrected chi connectivity index (χ0v) is 33.3. The van der Waals surface area contributed by atoms with Crippen LogP contribution in [-0.4, -0.2) is 107 Å². The van der Waals surface area contributed by atoms with Gasteiger partial charge in [-0.05, 0) is 75.1 Å². The number of hydrogen-bond donors (Lipinski definition) is 4.